The number of carbonyl (C=O) groups excluding carboxylic acids is 4. The largest absolute Gasteiger partial charge is 0.493 e. The van der Waals surface area contributed by atoms with Crippen LogP contribution in [-0.4, -0.2) is 146 Å². The fraction of sp³-hybridized carbons (Fsp3) is 0.509. The van der Waals surface area contributed by atoms with E-state index in [1.165, 1.54) is 0 Å². The maximum Gasteiger partial charge on any atom is 0.239 e. The molecule has 2 aliphatic heterocycles. The number of piperazine rings is 2. The van der Waals surface area contributed by atoms with Gasteiger partial charge in [0.15, 0.2) is 11.6 Å². The summed E-state index contributed by atoms with van der Waals surface area (Å²) in [6.07, 6.45) is 5.73. The average Bonchev–Trinajstić information content (AvgIpc) is 3.34. The van der Waals surface area contributed by atoms with Crippen LogP contribution in [0.25, 0.3) is 0 Å². The van der Waals surface area contributed by atoms with Crippen LogP contribution >= 0.6 is 46.4 Å². The zero-order valence-electron chi connectivity index (χ0n) is 43.6. The number of carbonyl (C=O) groups is 4. The van der Waals surface area contributed by atoms with Crippen LogP contribution in [0, 0.1) is 20.8 Å². The molecule has 2 fully saturated rings. The molecular weight excluding hydrogens is 1010 g/mol. The molecule has 2 heterocycles. The molecule has 0 spiro atoms. The molecule has 4 aromatic rings. The number of rotatable bonds is 25. The summed E-state index contributed by atoms with van der Waals surface area (Å²) < 4.78 is 12.3. The number of nitrogens with zero attached hydrogens (tertiary/aromatic N) is 4. The highest BCUT2D eigenvalue weighted by Gasteiger charge is 2.43. The molecule has 12 nitrogen and oxygen atoms in total. The van der Waals surface area contributed by atoms with Crippen LogP contribution in [0.3, 0.4) is 0 Å². The lowest BCUT2D eigenvalue weighted by molar-refractivity contribution is -0.141. The van der Waals surface area contributed by atoms with Gasteiger partial charge in [-0.1, -0.05) is 46.4 Å². The van der Waals surface area contributed by atoms with Gasteiger partial charge in [-0.2, -0.15) is 0 Å². The predicted molar refractivity (Wildman–Crippen MR) is 296 cm³/mol. The van der Waals surface area contributed by atoms with Crippen molar-refractivity contribution in [1.82, 2.24) is 30.2 Å². The Morgan fingerprint density at radius 3 is 1.36 bits per heavy atom. The minimum absolute atomic E-state index is 0.0159. The number of benzene rings is 4. The average molecular weight is 1080 g/mol. The minimum atomic E-state index is -0.630. The van der Waals surface area contributed by atoms with Crippen LogP contribution in [-0.2, 0) is 9.59 Å². The van der Waals surface area contributed by atoms with Crippen molar-refractivity contribution in [2.75, 3.05) is 78.7 Å². The SMILES string of the molecule is Cc1cc(OCCCCCN2CCN(C(C(=O)NC(C)C)C(C(=O)NC(C)C)N3CCN(CCCCCOc4cc(Cl)c(C(=O)c5ccc(Cl)cc5)c(Cl)c4)CC3)CC2)c(C)c(C)c1C(=O)c1ccc(Cl)cc1. The van der Waals surface area contributed by atoms with E-state index in [4.69, 9.17) is 55.9 Å². The molecule has 2 N–H and O–H groups in total. The van der Waals surface area contributed by atoms with Crippen molar-refractivity contribution in [1.29, 1.82) is 0 Å². The number of unbranched alkanes of at least 4 members (excludes halogenated alkanes) is 4. The van der Waals surface area contributed by atoms with Gasteiger partial charge in [-0.25, -0.2) is 0 Å². The summed E-state index contributed by atoms with van der Waals surface area (Å²) in [4.78, 5) is 64.3. The number of aryl methyl sites for hydroxylation is 1. The van der Waals surface area contributed by atoms with E-state index in [1.807, 2.05) is 54.5 Å². The summed E-state index contributed by atoms with van der Waals surface area (Å²) in [5, 5.41) is 7.93. The van der Waals surface area contributed by atoms with Crippen molar-refractivity contribution < 1.29 is 28.7 Å². The van der Waals surface area contributed by atoms with E-state index < -0.39 is 12.1 Å². The summed E-state index contributed by atoms with van der Waals surface area (Å²) in [7, 11) is 0. The van der Waals surface area contributed by atoms with Crippen LogP contribution in [0.2, 0.25) is 20.1 Å². The number of hydrogen-bond acceptors (Lipinski definition) is 10. The normalized spacial score (nSPS) is 15.8. The molecule has 73 heavy (non-hydrogen) atoms. The highest BCUT2D eigenvalue weighted by atomic mass is 35.5. The molecule has 0 bridgehead atoms. The number of hydrogen-bond donors (Lipinski definition) is 2. The first-order valence-electron chi connectivity index (χ1n) is 25.9. The van der Waals surface area contributed by atoms with Crippen molar-refractivity contribution >= 4 is 69.8 Å². The lowest BCUT2D eigenvalue weighted by Gasteiger charge is -2.46. The van der Waals surface area contributed by atoms with Gasteiger partial charge in [0.2, 0.25) is 11.8 Å². The Hall–Kier alpha value is -4.24. The molecule has 396 valence electrons. The lowest BCUT2D eigenvalue weighted by Crippen LogP contribution is -2.68. The monoisotopic (exact) mass is 1080 g/mol. The molecule has 2 amide bonds. The third-order valence-corrected chi connectivity index (χ3v) is 14.9. The number of nitrogens with one attached hydrogen (secondary N) is 2. The van der Waals surface area contributed by atoms with Gasteiger partial charge in [0.1, 0.15) is 23.6 Å². The maximum absolute atomic E-state index is 14.2. The Kier molecular flexibility index (Phi) is 22.3. The standard InChI is InChI=1S/C57H74Cl4N6O6/c1-37(2)62-56(70)52(66-28-24-64(25-29-66)22-10-8-12-32-72-46-35-47(60)51(48(61)36-46)55(69)43-16-20-45(59)21-17-43)53(57(71)63-38(3)4)67-30-26-65(27-31-67)23-11-9-13-33-73-49-34-39(5)50(41(7)40(49)6)54(68)42-14-18-44(58)19-15-42/h14-21,34-38,52-53H,8-13,22-33H2,1-7H3,(H,62,70)(H,63,71). The summed E-state index contributed by atoms with van der Waals surface area (Å²) in [5.74, 6) is 0.820. The van der Waals surface area contributed by atoms with Crippen molar-refractivity contribution in [3.63, 3.8) is 0 Å². The first-order valence-corrected chi connectivity index (χ1v) is 27.4. The minimum Gasteiger partial charge on any atom is -0.493 e. The Balaban J connectivity index is 0.945. The zero-order chi connectivity index (χ0) is 52.8. The van der Waals surface area contributed by atoms with Gasteiger partial charge in [-0.3, -0.25) is 29.0 Å². The molecule has 6 rings (SSSR count). The van der Waals surface area contributed by atoms with Crippen molar-refractivity contribution in [3.05, 3.63) is 126 Å². The first-order chi connectivity index (χ1) is 34.9. The summed E-state index contributed by atoms with van der Waals surface area (Å²) >= 11 is 25.1. The fourth-order valence-corrected chi connectivity index (χ4v) is 10.7. The van der Waals surface area contributed by atoms with Crippen LogP contribution in [0.15, 0.2) is 66.7 Å². The van der Waals surface area contributed by atoms with Crippen LogP contribution in [0.4, 0.5) is 0 Å². The second-order valence-corrected chi connectivity index (χ2v) is 21.7. The molecule has 0 radical (unpaired) electrons. The van der Waals surface area contributed by atoms with E-state index in [2.05, 4.69) is 30.2 Å². The predicted octanol–water partition coefficient (Wildman–Crippen LogP) is 10.5. The Bertz CT molecular complexity index is 2470. The van der Waals surface area contributed by atoms with Crippen LogP contribution < -0.4 is 20.1 Å². The van der Waals surface area contributed by atoms with Gasteiger partial charge in [-0.05, 0) is 184 Å². The van der Waals surface area contributed by atoms with Gasteiger partial charge in [-0.15, -0.1) is 0 Å². The van der Waals surface area contributed by atoms with Gasteiger partial charge >= 0.3 is 0 Å². The molecule has 2 aliphatic rings. The third kappa shape index (κ3) is 16.4. The van der Waals surface area contributed by atoms with E-state index in [1.54, 1.807) is 60.7 Å². The van der Waals surface area contributed by atoms with E-state index >= 15 is 0 Å². The van der Waals surface area contributed by atoms with Crippen molar-refractivity contribution in [2.24, 2.45) is 0 Å². The van der Waals surface area contributed by atoms with E-state index in [9.17, 15) is 19.2 Å². The molecule has 2 atom stereocenters. The highest BCUT2D eigenvalue weighted by molar-refractivity contribution is 6.41. The Labute approximate surface area is 453 Å². The lowest BCUT2D eigenvalue weighted by atomic mass is 9.91. The molecular formula is C57H74Cl4N6O6. The first kappa shape index (κ1) is 58.0. The Morgan fingerprint density at radius 2 is 0.932 bits per heavy atom. The number of ether oxygens (including phenoxy) is 2. The fourth-order valence-electron chi connectivity index (χ4n) is 9.77. The van der Waals surface area contributed by atoms with Crippen molar-refractivity contribution in [2.45, 2.75) is 111 Å². The topological polar surface area (TPSA) is 124 Å². The quantitative estimate of drug-likeness (QED) is 0.0490. The van der Waals surface area contributed by atoms with Gasteiger partial charge in [0, 0.05) is 91.2 Å². The number of amides is 2. The molecule has 0 aliphatic carbocycles. The molecule has 0 saturated carbocycles. The van der Waals surface area contributed by atoms with Crippen molar-refractivity contribution in [3.8, 4) is 11.5 Å². The van der Waals surface area contributed by atoms with Crippen LogP contribution in [0.5, 0.6) is 11.5 Å². The highest BCUT2D eigenvalue weighted by Crippen LogP contribution is 2.33. The van der Waals surface area contributed by atoms with Gasteiger partial charge in [0.05, 0.1) is 28.8 Å². The van der Waals surface area contributed by atoms with E-state index in [0.29, 0.717) is 71.9 Å². The Morgan fingerprint density at radius 1 is 0.521 bits per heavy atom. The smallest absolute Gasteiger partial charge is 0.239 e. The van der Waals surface area contributed by atoms with E-state index in [0.717, 1.165) is 100 Å². The van der Waals surface area contributed by atoms with E-state index in [-0.39, 0.29) is 51.1 Å². The van der Waals surface area contributed by atoms with Gasteiger partial charge in [0.25, 0.3) is 0 Å². The molecule has 2 saturated heterocycles. The third-order valence-electron chi connectivity index (χ3n) is 13.8. The van der Waals surface area contributed by atoms with Gasteiger partial charge < -0.3 is 29.9 Å². The molecule has 4 aromatic carbocycles. The number of ketones is 2. The second-order valence-electron chi connectivity index (χ2n) is 20.0. The van der Waals surface area contributed by atoms with Crippen LogP contribution in [0.1, 0.15) is 115 Å². The second kappa shape index (κ2) is 28.1. The zero-order valence-corrected chi connectivity index (χ0v) is 46.7. The maximum atomic E-state index is 14.2. The molecule has 0 aromatic heterocycles. The molecule has 2 unspecified atom stereocenters. The summed E-state index contributed by atoms with van der Waals surface area (Å²) in [6.45, 7) is 22.8. The summed E-state index contributed by atoms with van der Waals surface area (Å²) in [5.41, 5.74) is 4.80. The molecule has 16 heteroatoms. The summed E-state index contributed by atoms with van der Waals surface area (Å²) in [6, 6.07) is 17.4. The number of halogens is 4.